The molecule has 0 spiro atoms. The molecule has 0 aliphatic carbocycles. The highest BCUT2D eigenvalue weighted by Gasteiger charge is 2.28. The number of nitriles is 1. The Morgan fingerprint density at radius 3 is 2.50 bits per heavy atom. The highest BCUT2D eigenvalue weighted by atomic mass is 32.1. The van der Waals surface area contributed by atoms with Gasteiger partial charge in [0, 0.05) is 4.88 Å². The largest absolute Gasteiger partial charge is 0.197 e. The van der Waals surface area contributed by atoms with Gasteiger partial charge in [-0.1, -0.05) is 19.9 Å². The molecule has 0 aliphatic heterocycles. The highest BCUT2D eigenvalue weighted by molar-refractivity contribution is 7.10. The van der Waals surface area contributed by atoms with Crippen molar-refractivity contribution in [3.8, 4) is 6.07 Å². The molecule has 0 saturated carbocycles. The molecule has 1 aromatic rings. The van der Waals surface area contributed by atoms with Crippen molar-refractivity contribution in [2.24, 2.45) is 0 Å². The van der Waals surface area contributed by atoms with Gasteiger partial charge in [-0.05, 0) is 24.3 Å². The van der Waals surface area contributed by atoms with Gasteiger partial charge in [0.2, 0.25) is 0 Å². The van der Waals surface area contributed by atoms with Gasteiger partial charge in [-0.2, -0.15) is 5.26 Å². The van der Waals surface area contributed by atoms with Crippen molar-refractivity contribution in [2.45, 2.75) is 32.1 Å². The van der Waals surface area contributed by atoms with E-state index in [2.05, 4.69) is 26.0 Å². The highest BCUT2D eigenvalue weighted by Crippen LogP contribution is 2.33. The molecule has 0 fully saturated rings. The summed E-state index contributed by atoms with van der Waals surface area (Å²) in [4.78, 5) is 1.20. The smallest absolute Gasteiger partial charge is 0.0909 e. The molecular formula is C10H13NS. The summed E-state index contributed by atoms with van der Waals surface area (Å²) in [7, 11) is 0. The minimum Gasteiger partial charge on any atom is -0.197 e. The summed E-state index contributed by atoms with van der Waals surface area (Å²) in [6.45, 7) is 4.15. The van der Waals surface area contributed by atoms with Crippen LogP contribution in [0.3, 0.4) is 0 Å². The third-order valence-corrected chi connectivity index (χ3v) is 3.49. The molecule has 1 nitrogen and oxygen atoms in total. The van der Waals surface area contributed by atoms with Crippen molar-refractivity contribution in [1.29, 1.82) is 5.26 Å². The van der Waals surface area contributed by atoms with Gasteiger partial charge in [0.05, 0.1) is 11.5 Å². The molecule has 1 aromatic heterocycles. The van der Waals surface area contributed by atoms with Gasteiger partial charge in [0.25, 0.3) is 0 Å². The maximum Gasteiger partial charge on any atom is 0.0909 e. The average Bonchev–Trinajstić information content (AvgIpc) is 2.62. The number of thiophene rings is 1. The van der Waals surface area contributed by atoms with Gasteiger partial charge in [-0.3, -0.25) is 0 Å². The molecule has 0 radical (unpaired) electrons. The van der Waals surface area contributed by atoms with Crippen molar-refractivity contribution in [1.82, 2.24) is 0 Å². The average molecular weight is 179 g/mol. The van der Waals surface area contributed by atoms with Gasteiger partial charge >= 0.3 is 0 Å². The molecule has 1 heterocycles. The molecule has 0 bridgehead atoms. The fraction of sp³-hybridized carbons (Fsp3) is 0.500. The van der Waals surface area contributed by atoms with E-state index in [1.165, 1.54) is 4.88 Å². The fourth-order valence-corrected chi connectivity index (χ4v) is 2.38. The number of nitrogens with zero attached hydrogens (tertiary/aromatic N) is 1. The Kier molecular flexibility index (Phi) is 2.88. The summed E-state index contributed by atoms with van der Waals surface area (Å²) in [5.74, 6) is 0. The summed E-state index contributed by atoms with van der Waals surface area (Å²) in [5, 5.41) is 11.1. The van der Waals surface area contributed by atoms with Crippen LogP contribution in [0.2, 0.25) is 0 Å². The van der Waals surface area contributed by atoms with E-state index in [0.29, 0.717) is 0 Å². The standard InChI is InChI=1S/C10H13NS/c1-3-10(4-2,8-11)9-6-5-7-12-9/h5-7H,3-4H2,1-2H3. The van der Waals surface area contributed by atoms with Crippen molar-refractivity contribution in [3.05, 3.63) is 22.4 Å². The van der Waals surface area contributed by atoms with Crippen LogP contribution in [0.1, 0.15) is 31.6 Å². The molecule has 12 heavy (non-hydrogen) atoms. The summed E-state index contributed by atoms with van der Waals surface area (Å²) >= 11 is 1.68. The van der Waals surface area contributed by atoms with Crippen LogP contribution in [0.25, 0.3) is 0 Å². The molecule has 0 aliphatic rings. The first-order valence-electron chi connectivity index (χ1n) is 4.24. The second kappa shape index (κ2) is 3.73. The molecule has 0 unspecified atom stereocenters. The van der Waals surface area contributed by atoms with E-state index in [-0.39, 0.29) is 5.41 Å². The summed E-state index contributed by atoms with van der Waals surface area (Å²) in [6.07, 6.45) is 1.81. The van der Waals surface area contributed by atoms with Crippen molar-refractivity contribution in [2.75, 3.05) is 0 Å². The second-order valence-electron chi connectivity index (χ2n) is 2.88. The maximum atomic E-state index is 9.10. The first-order chi connectivity index (χ1) is 5.79. The Morgan fingerprint density at radius 2 is 2.17 bits per heavy atom. The molecule has 0 saturated heterocycles. The van der Waals surface area contributed by atoms with Crippen molar-refractivity contribution >= 4 is 11.3 Å². The van der Waals surface area contributed by atoms with Crippen LogP contribution in [0.15, 0.2) is 17.5 Å². The molecule has 0 aromatic carbocycles. The Labute approximate surface area is 77.7 Å². The fourth-order valence-electron chi connectivity index (χ4n) is 1.36. The molecule has 2 heteroatoms. The van der Waals surface area contributed by atoms with E-state index in [9.17, 15) is 0 Å². The van der Waals surface area contributed by atoms with Gasteiger partial charge in [0.15, 0.2) is 0 Å². The Bertz CT molecular complexity index is 265. The van der Waals surface area contributed by atoms with Crippen LogP contribution < -0.4 is 0 Å². The molecule has 0 N–H and O–H groups in total. The first-order valence-corrected chi connectivity index (χ1v) is 5.12. The summed E-state index contributed by atoms with van der Waals surface area (Å²) in [6, 6.07) is 6.50. The van der Waals surface area contributed by atoms with Gasteiger partial charge in [0.1, 0.15) is 0 Å². The van der Waals surface area contributed by atoms with Crippen LogP contribution in [0, 0.1) is 11.3 Å². The molecule has 0 amide bonds. The third-order valence-electron chi connectivity index (χ3n) is 2.41. The second-order valence-corrected chi connectivity index (χ2v) is 3.83. The number of hydrogen-bond acceptors (Lipinski definition) is 2. The van der Waals surface area contributed by atoms with E-state index in [1.54, 1.807) is 11.3 Å². The number of hydrogen-bond donors (Lipinski definition) is 0. The zero-order valence-corrected chi connectivity index (χ0v) is 8.32. The van der Waals surface area contributed by atoms with Crippen LogP contribution >= 0.6 is 11.3 Å². The Morgan fingerprint density at radius 1 is 1.50 bits per heavy atom. The predicted octanol–water partition coefficient (Wildman–Crippen LogP) is 3.33. The SMILES string of the molecule is CCC(C#N)(CC)c1cccs1. The van der Waals surface area contributed by atoms with Crippen molar-refractivity contribution < 1.29 is 0 Å². The van der Waals surface area contributed by atoms with E-state index < -0.39 is 0 Å². The van der Waals surface area contributed by atoms with Gasteiger partial charge in [-0.25, -0.2) is 0 Å². The topological polar surface area (TPSA) is 23.8 Å². The Hall–Kier alpha value is -0.810. The number of rotatable bonds is 3. The van der Waals surface area contributed by atoms with E-state index in [4.69, 9.17) is 5.26 Å². The molecule has 0 atom stereocenters. The normalized spacial score (nSPS) is 11.1. The van der Waals surface area contributed by atoms with E-state index in [0.717, 1.165) is 12.8 Å². The van der Waals surface area contributed by atoms with Crippen LogP contribution in [-0.2, 0) is 5.41 Å². The van der Waals surface area contributed by atoms with Gasteiger partial charge in [-0.15, -0.1) is 11.3 Å². The van der Waals surface area contributed by atoms with E-state index >= 15 is 0 Å². The zero-order valence-electron chi connectivity index (χ0n) is 7.50. The van der Waals surface area contributed by atoms with Crippen molar-refractivity contribution in [3.63, 3.8) is 0 Å². The van der Waals surface area contributed by atoms with Crippen LogP contribution in [0.5, 0.6) is 0 Å². The van der Waals surface area contributed by atoms with Crippen LogP contribution in [-0.4, -0.2) is 0 Å². The van der Waals surface area contributed by atoms with Crippen LogP contribution in [0.4, 0.5) is 0 Å². The first kappa shape index (κ1) is 9.28. The van der Waals surface area contributed by atoms with Gasteiger partial charge < -0.3 is 0 Å². The molecular weight excluding hydrogens is 166 g/mol. The Balaban J connectivity index is 3.03. The quantitative estimate of drug-likeness (QED) is 0.698. The minimum atomic E-state index is -0.228. The minimum absolute atomic E-state index is 0.228. The van der Waals surface area contributed by atoms with E-state index in [1.807, 2.05) is 11.4 Å². The lowest BCUT2D eigenvalue weighted by atomic mass is 9.83. The zero-order chi connectivity index (χ0) is 9.03. The predicted molar refractivity (Wildman–Crippen MR) is 52.2 cm³/mol. The maximum absolute atomic E-state index is 9.10. The monoisotopic (exact) mass is 179 g/mol. The summed E-state index contributed by atoms with van der Waals surface area (Å²) in [5.41, 5.74) is -0.228. The molecule has 64 valence electrons. The lowest BCUT2D eigenvalue weighted by molar-refractivity contribution is 0.521. The lowest BCUT2D eigenvalue weighted by Crippen LogP contribution is -2.20. The summed E-state index contributed by atoms with van der Waals surface area (Å²) < 4.78 is 0. The lowest BCUT2D eigenvalue weighted by Gasteiger charge is -2.21. The molecule has 1 rings (SSSR count). The third kappa shape index (κ3) is 1.37.